The van der Waals surface area contributed by atoms with Crippen molar-refractivity contribution in [1.29, 1.82) is 0 Å². The second-order valence-corrected chi connectivity index (χ2v) is 10.1. The van der Waals surface area contributed by atoms with Gasteiger partial charge in [-0.3, -0.25) is 0 Å². The van der Waals surface area contributed by atoms with Gasteiger partial charge >= 0.3 is 0 Å². The highest BCUT2D eigenvalue weighted by Crippen LogP contribution is 2.37. The van der Waals surface area contributed by atoms with Crippen LogP contribution in [-0.2, 0) is 6.54 Å². The number of nitrogens with one attached hydrogen (secondary N) is 1. The lowest BCUT2D eigenvalue weighted by Crippen LogP contribution is -2.26. The number of thiazole rings is 1. The third-order valence-electron chi connectivity index (χ3n) is 5.58. The monoisotopic (exact) mass is 447 g/mol. The highest BCUT2D eigenvalue weighted by atomic mass is 32.1. The van der Waals surface area contributed by atoms with Gasteiger partial charge in [0.1, 0.15) is 0 Å². The van der Waals surface area contributed by atoms with Gasteiger partial charge in [-0.05, 0) is 52.1 Å². The molecule has 2 aromatic carbocycles. The Bertz CT molecular complexity index is 1220. The molecular formula is C26H33N5S. The van der Waals surface area contributed by atoms with E-state index < -0.39 is 0 Å². The van der Waals surface area contributed by atoms with Crippen molar-refractivity contribution < 1.29 is 0 Å². The summed E-state index contributed by atoms with van der Waals surface area (Å²) in [5, 5.41) is 10.7. The standard InChI is InChI=1S/C26H33N5S/c1-17(2)25-24(20-9-7-8-18(3)14-20)28-26(32-25)31-23-11-10-19(4)15-21(23)22(29-31)16-27-12-13-30(5)6/h7-11,14-15,17,27H,12-13,16H2,1-6H3. The molecule has 2 aromatic heterocycles. The molecule has 0 radical (unpaired) electrons. The van der Waals surface area contributed by atoms with Crippen molar-refractivity contribution >= 4 is 22.2 Å². The number of nitrogens with zero attached hydrogens (tertiary/aromatic N) is 4. The summed E-state index contributed by atoms with van der Waals surface area (Å²) in [6.45, 7) is 11.4. The Labute approximate surface area is 195 Å². The highest BCUT2D eigenvalue weighted by molar-refractivity contribution is 7.14. The summed E-state index contributed by atoms with van der Waals surface area (Å²) in [4.78, 5) is 8.59. The van der Waals surface area contributed by atoms with E-state index in [4.69, 9.17) is 10.1 Å². The summed E-state index contributed by atoms with van der Waals surface area (Å²) in [5.41, 5.74) is 6.92. The highest BCUT2D eigenvalue weighted by Gasteiger charge is 2.20. The maximum atomic E-state index is 5.11. The summed E-state index contributed by atoms with van der Waals surface area (Å²) in [5.74, 6) is 0.396. The van der Waals surface area contributed by atoms with Crippen molar-refractivity contribution in [3.63, 3.8) is 0 Å². The van der Waals surface area contributed by atoms with Crippen LogP contribution in [-0.4, -0.2) is 46.8 Å². The van der Waals surface area contributed by atoms with Gasteiger partial charge in [-0.25, -0.2) is 9.67 Å². The topological polar surface area (TPSA) is 46.0 Å². The zero-order chi connectivity index (χ0) is 22.8. The molecular weight excluding hydrogens is 414 g/mol. The molecule has 32 heavy (non-hydrogen) atoms. The lowest BCUT2D eigenvalue weighted by Gasteiger charge is -2.09. The molecule has 6 heteroatoms. The van der Waals surface area contributed by atoms with Crippen molar-refractivity contribution in [1.82, 2.24) is 25.0 Å². The molecule has 0 spiro atoms. The van der Waals surface area contributed by atoms with Crippen molar-refractivity contribution in [3.05, 3.63) is 64.2 Å². The zero-order valence-electron chi connectivity index (χ0n) is 19.9. The fourth-order valence-electron chi connectivity index (χ4n) is 3.88. The van der Waals surface area contributed by atoms with E-state index in [1.165, 1.54) is 27.0 Å². The summed E-state index contributed by atoms with van der Waals surface area (Å²) < 4.78 is 2.04. The molecule has 0 aliphatic heterocycles. The molecule has 0 aliphatic rings. The van der Waals surface area contributed by atoms with Gasteiger partial charge in [0.05, 0.1) is 16.9 Å². The van der Waals surface area contributed by atoms with Gasteiger partial charge in [0.15, 0.2) is 0 Å². The minimum atomic E-state index is 0.396. The van der Waals surface area contributed by atoms with E-state index in [9.17, 15) is 0 Å². The molecule has 0 saturated heterocycles. The zero-order valence-corrected chi connectivity index (χ0v) is 20.8. The van der Waals surface area contributed by atoms with Gasteiger partial charge in [0, 0.05) is 35.5 Å². The van der Waals surface area contributed by atoms with Crippen molar-refractivity contribution in [3.8, 4) is 16.4 Å². The minimum Gasteiger partial charge on any atom is -0.310 e. The molecule has 0 aliphatic carbocycles. The molecule has 1 N–H and O–H groups in total. The number of aryl methyl sites for hydroxylation is 2. The molecule has 0 atom stereocenters. The van der Waals surface area contributed by atoms with Gasteiger partial charge in [-0.1, -0.05) is 60.6 Å². The SMILES string of the molecule is Cc1cccc(-c2nc(-n3nc(CNCCN(C)C)c4cc(C)ccc43)sc2C(C)C)c1. The molecule has 0 fully saturated rings. The van der Waals surface area contributed by atoms with Crippen LogP contribution in [0.5, 0.6) is 0 Å². The Morgan fingerprint density at radius 3 is 2.56 bits per heavy atom. The van der Waals surface area contributed by atoms with Crippen LogP contribution in [0.1, 0.15) is 41.5 Å². The first kappa shape index (κ1) is 22.6. The Hall–Kier alpha value is -2.54. The van der Waals surface area contributed by atoms with E-state index >= 15 is 0 Å². The Balaban J connectivity index is 1.77. The maximum absolute atomic E-state index is 5.11. The van der Waals surface area contributed by atoms with Crippen LogP contribution >= 0.6 is 11.3 Å². The van der Waals surface area contributed by atoms with Gasteiger partial charge in [-0.15, -0.1) is 0 Å². The van der Waals surface area contributed by atoms with Crippen LogP contribution in [0.4, 0.5) is 0 Å². The molecule has 5 nitrogen and oxygen atoms in total. The number of hydrogen-bond acceptors (Lipinski definition) is 5. The van der Waals surface area contributed by atoms with Crippen LogP contribution < -0.4 is 5.32 Å². The maximum Gasteiger partial charge on any atom is 0.211 e. The van der Waals surface area contributed by atoms with E-state index in [1.807, 2.05) is 4.68 Å². The van der Waals surface area contributed by atoms with Crippen LogP contribution in [0.15, 0.2) is 42.5 Å². The van der Waals surface area contributed by atoms with E-state index in [0.29, 0.717) is 5.92 Å². The summed E-state index contributed by atoms with van der Waals surface area (Å²) >= 11 is 1.75. The van der Waals surface area contributed by atoms with Crippen LogP contribution in [0, 0.1) is 13.8 Å². The fraction of sp³-hybridized carbons (Fsp3) is 0.385. The van der Waals surface area contributed by atoms with E-state index in [0.717, 1.165) is 41.7 Å². The predicted molar refractivity (Wildman–Crippen MR) is 136 cm³/mol. The number of aromatic nitrogens is 3. The van der Waals surface area contributed by atoms with Gasteiger partial charge in [-0.2, -0.15) is 5.10 Å². The number of likely N-dealkylation sites (N-methyl/N-ethyl adjacent to an activating group) is 1. The molecule has 4 aromatic rings. The Morgan fingerprint density at radius 1 is 1.06 bits per heavy atom. The molecule has 2 heterocycles. The molecule has 0 unspecified atom stereocenters. The van der Waals surface area contributed by atoms with Gasteiger partial charge in [0.2, 0.25) is 5.13 Å². The lowest BCUT2D eigenvalue weighted by atomic mass is 10.0. The van der Waals surface area contributed by atoms with Crippen LogP contribution in [0.25, 0.3) is 27.3 Å². The first-order valence-electron chi connectivity index (χ1n) is 11.3. The third-order valence-corrected chi connectivity index (χ3v) is 6.91. The summed E-state index contributed by atoms with van der Waals surface area (Å²) in [6, 6.07) is 15.2. The third kappa shape index (κ3) is 4.77. The lowest BCUT2D eigenvalue weighted by molar-refractivity contribution is 0.399. The number of benzene rings is 2. The van der Waals surface area contributed by atoms with E-state index in [-0.39, 0.29) is 0 Å². The van der Waals surface area contributed by atoms with Gasteiger partial charge in [0.25, 0.3) is 0 Å². The average molecular weight is 448 g/mol. The van der Waals surface area contributed by atoms with E-state index in [1.54, 1.807) is 11.3 Å². The van der Waals surface area contributed by atoms with E-state index in [2.05, 4.69) is 94.5 Å². The normalized spacial score (nSPS) is 11.9. The first-order chi connectivity index (χ1) is 15.3. The molecule has 168 valence electrons. The first-order valence-corrected chi connectivity index (χ1v) is 12.1. The quantitative estimate of drug-likeness (QED) is 0.360. The van der Waals surface area contributed by atoms with Gasteiger partial charge < -0.3 is 10.2 Å². The van der Waals surface area contributed by atoms with Crippen molar-refractivity contribution in [2.24, 2.45) is 0 Å². The van der Waals surface area contributed by atoms with Crippen LogP contribution in [0.3, 0.4) is 0 Å². The molecule has 0 bridgehead atoms. The molecule has 0 amide bonds. The van der Waals surface area contributed by atoms with Crippen molar-refractivity contribution in [2.45, 2.75) is 40.2 Å². The summed E-state index contributed by atoms with van der Waals surface area (Å²) in [7, 11) is 4.19. The molecule has 4 rings (SSSR count). The second-order valence-electron chi connectivity index (χ2n) is 9.09. The second kappa shape index (κ2) is 9.53. The van der Waals surface area contributed by atoms with Crippen LogP contribution in [0.2, 0.25) is 0 Å². The molecule has 0 saturated carbocycles. The Morgan fingerprint density at radius 2 is 1.84 bits per heavy atom. The Kier molecular flexibility index (Phi) is 6.74. The van der Waals surface area contributed by atoms with Crippen molar-refractivity contribution in [2.75, 3.05) is 27.2 Å². The summed E-state index contributed by atoms with van der Waals surface area (Å²) in [6.07, 6.45) is 0. The fourth-order valence-corrected chi connectivity index (χ4v) is 4.94. The number of fused-ring (bicyclic) bond motifs is 1. The number of rotatable bonds is 8. The largest absolute Gasteiger partial charge is 0.310 e. The predicted octanol–water partition coefficient (Wildman–Crippen LogP) is 5.54. The average Bonchev–Trinajstić information content (AvgIpc) is 3.33. The smallest absolute Gasteiger partial charge is 0.211 e. The minimum absolute atomic E-state index is 0.396. The number of hydrogen-bond donors (Lipinski definition) is 1.